The number of aryl methyl sites for hydroxylation is 2. The molecule has 4 heteroatoms. The second-order valence-corrected chi connectivity index (χ2v) is 6.45. The first-order chi connectivity index (χ1) is 11.6. The van der Waals surface area contributed by atoms with Crippen molar-refractivity contribution in [3.63, 3.8) is 0 Å². The Labute approximate surface area is 146 Å². The number of hydrogen-bond acceptors (Lipinski definition) is 2. The molecule has 24 heavy (non-hydrogen) atoms. The van der Waals surface area contributed by atoms with Gasteiger partial charge in [-0.25, -0.2) is 0 Å². The Balaban J connectivity index is 2.18. The molecular weight excluding hydrogens is 300 g/mol. The second kappa shape index (κ2) is 11.7. The van der Waals surface area contributed by atoms with Gasteiger partial charge in [-0.05, 0) is 31.4 Å². The van der Waals surface area contributed by atoms with Crippen LogP contribution < -0.4 is 10.6 Å². The van der Waals surface area contributed by atoms with Gasteiger partial charge in [-0.1, -0.05) is 70.1 Å². The highest BCUT2D eigenvalue weighted by Crippen LogP contribution is 2.19. The monoisotopic (exact) mass is 332 g/mol. The van der Waals surface area contributed by atoms with Gasteiger partial charge in [0.2, 0.25) is 0 Å². The Bertz CT molecular complexity index is 506. The number of para-hydroxylation sites is 1. The summed E-state index contributed by atoms with van der Waals surface area (Å²) < 4.78 is 0. The molecule has 0 aliphatic rings. The summed E-state index contributed by atoms with van der Waals surface area (Å²) in [5, 5.41) is 5.41. The van der Waals surface area contributed by atoms with Gasteiger partial charge in [-0.15, -0.1) is 0 Å². The maximum atomic E-state index is 12.0. The summed E-state index contributed by atoms with van der Waals surface area (Å²) in [6.07, 6.45) is 9.72. The van der Waals surface area contributed by atoms with Crippen LogP contribution in [0.5, 0.6) is 0 Å². The van der Waals surface area contributed by atoms with E-state index in [1.807, 2.05) is 32.0 Å². The van der Waals surface area contributed by atoms with E-state index in [1.165, 1.54) is 38.5 Å². The van der Waals surface area contributed by atoms with E-state index in [2.05, 4.69) is 17.6 Å². The van der Waals surface area contributed by atoms with E-state index in [1.54, 1.807) is 0 Å². The molecule has 1 aromatic carbocycles. The smallest absolute Gasteiger partial charge is 0.313 e. The minimum absolute atomic E-state index is 0.555. The van der Waals surface area contributed by atoms with E-state index in [9.17, 15) is 9.59 Å². The number of carbonyl (C=O) groups excluding carboxylic acids is 2. The molecular formula is C20H32N2O2. The van der Waals surface area contributed by atoms with E-state index in [-0.39, 0.29) is 0 Å². The van der Waals surface area contributed by atoms with Crippen LogP contribution in [0.2, 0.25) is 0 Å². The average Bonchev–Trinajstić information content (AvgIpc) is 2.56. The summed E-state index contributed by atoms with van der Waals surface area (Å²) in [5.41, 5.74) is 2.64. The van der Waals surface area contributed by atoms with Crippen molar-refractivity contribution in [2.75, 3.05) is 11.9 Å². The van der Waals surface area contributed by atoms with Gasteiger partial charge in [0, 0.05) is 12.2 Å². The second-order valence-electron chi connectivity index (χ2n) is 6.45. The number of nitrogens with one attached hydrogen (secondary N) is 2. The fourth-order valence-corrected chi connectivity index (χ4v) is 2.72. The van der Waals surface area contributed by atoms with E-state index < -0.39 is 11.8 Å². The molecule has 0 aromatic heterocycles. The molecule has 0 aliphatic carbocycles. The van der Waals surface area contributed by atoms with Gasteiger partial charge in [0.05, 0.1) is 0 Å². The lowest BCUT2D eigenvalue weighted by Gasteiger charge is -2.11. The van der Waals surface area contributed by atoms with Gasteiger partial charge in [-0.3, -0.25) is 9.59 Å². The van der Waals surface area contributed by atoms with Crippen LogP contribution >= 0.6 is 0 Å². The molecule has 2 N–H and O–H groups in total. The Morgan fingerprint density at radius 1 is 0.833 bits per heavy atom. The zero-order valence-electron chi connectivity index (χ0n) is 15.4. The van der Waals surface area contributed by atoms with Crippen LogP contribution in [-0.4, -0.2) is 18.4 Å². The average molecular weight is 332 g/mol. The zero-order valence-corrected chi connectivity index (χ0v) is 15.4. The normalized spacial score (nSPS) is 10.5. The summed E-state index contributed by atoms with van der Waals surface area (Å²) in [7, 11) is 0. The fraction of sp³-hybridized carbons (Fsp3) is 0.600. The molecule has 2 amide bonds. The molecule has 0 saturated carbocycles. The molecule has 0 saturated heterocycles. The number of anilines is 1. The van der Waals surface area contributed by atoms with Gasteiger partial charge in [0.1, 0.15) is 0 Å². The third-order valence-corrected chi connectivity index (χ3v) is 4.24. The molecule has 0 heterocycles. The first-order valence-electron chi connectivity index (χ1n) is 9.21. The van der Waals surface area contributed by atoms with Crippen LogP contribution in [-0.2, 0) is 9.59 Å². The quantitative estimate of drug-likeness (QED) is 0.489. The highest BCUT2D eigenvalue weighted by molar-refractivity contribution is 6.39. The van der Waals surface area contributed by atoms with Crippen LogP contribution in [0.4, 0.5) is 5.69 Å². The first kappa shape index (κ1) is 20.2. The largest absolute Gasteiger partial charge is 0.348 e. The molecule has 0 aliphatic heterocycles. The van der Waals surface area contributed by atoms with Crippen molar-refractivity contribution in [1.82, 2.24) is 5.32 Å². The maximum absolute atomic E-state index is 12.0. The molecule has 1 rings (SSSR count). The molecule has 4 nitrogen and oxygen atoms in total. The van der Waals surface area contributed by atoms with Crippen molar-refractivity contribution in [3.05, 3.63) is 29.3 Å². The number of benzene rings is 1. The lowest BCUT2D eigenvalue weighted by atomic mass is 10.1. The van der Waals surface area contributed by atoms with Crippen molar-refractivity contribution < 1.29 is 9.59 Å². The van der Waals surface area contributed by atoms with Crippen molar-refractivity contribution in [1.29, 1.82) is 0 Å². The minimum Gasteiger partial charge on any atom is -0.348 e. The van der Waals surface area contributed by atoms with Crippen molar-refractivity contribution >= 4 is 17.5 Å². The molecule has 0 unspecified atom stereocenters. The number of hydrogen-bond donors (Lipinski definition) is 2. The molecule has 0 radical (unpaired) electrons. The van der Waals surface area contributed by atoms with Gasteiger partial charge >= 0.3 is 11.8 Å². The van der Waals surface area contributed by atoms with Crippen molar-refractivity contribution in [2.45, 2.75) is 72.1 Å². The summed E-state index contributed by atoms with van der Waals surface area (Å²) in [6, 6.07) is 5.77. The molecule has 134 valence electrons. The zero-order chi connectivity index (χ0) is 17.8. The van der Waals surface area contributed by atoms with Crippen LogP contribution in [0.15, 0.2) is 18.2 Å². The number of unbranched alkanes of at least 4 members (excludes halogenated alkanes) is 7. The lowest BCUT2D eigenvalue weighted by Crippen LogP contribution is -2.36. The summed E-state index contributed by atoms with van der Waals surface area (Å²) >= 11 is 0. The third-order valence-electron chi connectivity index (χ3n) is 4.24. The topological polar surface area (TPSA) is 58.2 Å². The highest BCUT2D eigenvalue weighted by Gasteiger charge is 2.14. The fourth-order valence-electron chi connectivity index (χ4n) is 2.72. The van der Waals surface area contributed by atoms with Crippen LogP contribution in [0.1, 0.15) is 69.4 Å². The first-order valence-corrected chi connectivity index (χ1v) is 9.21. The predicted molar refractivity (Wildman–Crippen MR) is 100 cm³/mol. The summed E-state index contributed by atoms with van der Waals surface area (Å²) in [6.45, 7) is 6.62. The Morgan fingerprint density at radius 3 is 1.96 bits per heavy atom. The number of amides is 2. The van der Waals surface area contributed by atoms with Crippen molar-refractivity contribution in [3.8, 4) is 0 Å². The highest BCUT2D eigenvalue weighted by atomic mass is 16.2. The minimum atomic E-state index is -0.591. The third kappa shape index (κ3) is 7.62. The Morgan fingerprint density at radius 2 is 1.38 bits per heavy atom. The van der Waals surface area contributed by atoms with E-state index >= 15 is 0 Å². The van der Waals surface area contributed by atoms with Crippen LogP contribution in [0.25, 0.3) is 0 Å². The number of carbonyl (C=O) groups is 2. The number of rotatable bonds is 10. The van der Waals surface area contributed by atoms with Crippen LogP contribution in [0.3, 0.4) is 0 Å². The summed E-state index contributed by atoms with van der Waals surface area (Å²) in [5.74, 6) is -1.15. The predicted octanol–water partition coefficient (Wildman–Crippen LogP) is 4.50. The van der Waals surface area contributed by atoms with Gasteiger partial charge in [0.15, 0.2) is 0 Å². The lowest BCUT2D eigenvalue weighted by molar-refractivity contribution is -0.136. The van der Waals surface area contributed by atoms with Crippen molar-refractivity contribution in [2.24, 2.45) is 0 Å². The van der Waals surface area contributed by atoms with Crippen LogP contribution in [0, 0.1) is 13.8 Å². The van der Waals surface area contributed by atoms with E-state index in [4.69, 9.17) is 0 Å². The molecule has 0 atom stereocenters. The van der Waals surface area contributed by atoms with Gasteiger partial charge < -0.3 is 10.6 Å². The molecule has 1 aromatic rings. The molecule has 0 spiro atoms. The van der Waals surface area contributed by atoms with E-state index in [0.717, 1.165) is 29.7 Å². The van der Waals surface area contributed by atoms with E-state index in [0.29, 0.717) is 6.54 Å². The Kier molecular flexibility index (Phi) is 9.81. The maximum Gasteiger partial charge on any atom is 0.313 e. The Hall–Kier alpha value is -1.84. The molecule has 0 fully saturated rings. The SMILES string of the molecule is CCCCCCCCCCNC(=O)C(=O)Nc1c(C)cccc1C. The van der Waals surface area contributed by atoms with Gasteiger partial charge in [-0.2, -0.15) is 0 Å². The molecule has 0 bridgehead atoms. The standard InChI is InChI=1S/C20H32N2O2/c1-4-5-6-7-8-9-10-11-15-21-19(23)20(24)22-18-16(2)13-12-14-17(18)3/h12-14H,4-11,15H2,1-3H3,(H,21,23)(H,22,24). The van der Waals surface area contributed by atoms with Gasteiger partial charge in [0.25, 0.3) is 0 Å². The summed E-state index contributed by atoms with van der Waals surface area (Å²) in [4.78, 5) is 23.8.